The highest BCUT2D eigenvalue weighted by atomic mass is 32.1. The van der Waals surface area contributed by atoms with Gasteiger partial charge in [0.15, 0.2) is 0 Å². The summed E-state index contributed by atoms with van der Waals surface area (Å²) in [6.45, 7) is 4.12. The second kappa shape index (κ2) is 5.21. The molecular weight excluding hydrogens is 268 g/mol. The van der Waals surface area contributed by atoms with Gasteiger partial charge in [0.25, 0.3) is 5.56 Å². The zero-order chi connectivity index (χ0) is 14.1. The zero-order valence-corrected chi connectivity index (χ0v) is 12.4. The summed E-state index contributed by atoms with van der Waals surface area (Å²) in [5, 5.41) is 2.76. The molecule has 0 spiro atoms. The van der Waals surface area contributed by atoms with Gasteiger partial charge in [-0.2, -0.15) is 0 Å². The Labute approximate surface area is 121 Å². The number of hydrogen-bond acceptors (Lipinski definition) is 3. The normalized spacial score (nSPS) is 12.7. The van der Waals surface area contributed by atoms with Gasteiger partial charge in [0.05, 0.1) is 11.7 Å². The first-order valence-electron chi connectivity index (χ1n) is 6.76. The number of nitrogens with zero attached hydrogens (tertiary/aromatic N) is 2. The van der Waals surface area contributed by atoms with Gasteiger partial charge in [0.2, 0.25) is 0 Å². The minimum Gasteiger partial charge on any atom is -0.296 e. The molecule has 0 bridgehead atoms. The number of aromatic nitrogens is 2. The van der Waals surface area contributed by atoms with Crippen LogP contribution in [0.1, 0.15) is 26.3 Å². The Balaban J connectivity index is 2.28. The molecule has 0 fully saturated rings. The van der Waals surface area contributed by atoms with Crippen molar-refractivity contribution in [1.29, 1.82) is 0 Å². The fourth-order valence-electron chi connectivity index (χ4n) is 2.29. The first-order valence-corrected chi connectivity index (χ1v) is 7.64. The number of benzene rings is 1. The predicted molar refractivity (Wildman–Crippen MR) is 84.3 cm³/mol. The number of hydrogen-bond donors (Lipinski definition) is 0. The van der Waals surface area contributed by atoms with Gasteiger partial charge >= 0.3 is 0 Å². The fourth-order valence-corrected chi connectivity index (χ4v) is 3.19. The van der Waals surface area contributed by atoms with Crippen molar-refractivity contribution >= 4 is 21.6 Å². The van der Waals surface area contributed by atoms with E-state index < -0.39 is 0 Å². The average Bonchev–Trinajstić information content (AvgIpc) is 2.92. The molecular formula is C16H16N2OS. The molecule has 0 radical (unpaired) electrons. The topological polar surface area (TPSA) is 34.9 Å². The molecule has 0 aliphatic rings. The standard InChI is InChI=1S/C16H16N2OS/c1-3-11(2)18-10-17-15-14(16(18)19)13(9-20-15)12-7-5-4-6-8-12/h4-11H,3H2,1-2H3/t11-/m1/s1. The minimum atomic E-state index is 0.0597. The summed E-state index contributed by atoms with van der Waals surface area (Å²) in [5.74, 6) is 0. The molecule has 4 heteroatoms. The fraction of sp³-hybridized carbons (Fsp3) is 0.250. The van der Waals surface area contributed by atoms with Crippen molar-refractivity contribution in [3.8, 4) is 11.1 Å². The maximum Gasteiger partial charge on any atom is 0.262 e. The van der Waals surface area contributed by atoms with Crippen molar-refractivity contribution in [2.75, 3.05) is 0 Å². The van der Waals surface area contributed by atoms with Crippen LogP contribution in [-0.4, -0.2) is 9.55 Å². The van der Waals surface area contributed by atoms with E-state index in [1.54, 1.807) is 10.9 Å². The molecule has 1 atom stereocenters. The lowest BCUT2D eigenvalue weighted by Gasteiger charge is -2.12. The van der Waals surface area contributed by atoms with Crippen LogP contribution in [0.2, 0.25) is 0 Å². The van der Waals surface area contributed by atoms with Crippen LogP contribution >= 0.6 is 11.3 Å². The average molecular weight is 284 g/mol. The van der Waals surface area contributed by atoms with Crippen molar-refractivity contribution < 1.29 is 0 Å². The lowest BCUT2D eigenvalue weighted by molar-refractivity contribution is 0.511. The second-order valence-corrected chi connectivity index (χ2v) is 5.77. The van der Waals surface area contributed by atoms with Gasteiger partial charge in [0.1, 0.15) is 4.83 Å². The van der Waals surface area contributed by atoms with Crippen molar-refractivity contribution in [1.82, 2.24) is 9.55 Å². The van der Waals surface area contributed by atoms with Gasteiger partial charge in [-0.1, -0.05) is 37.3 Å². The Bertz CT molecular complexity index is 789. The molecule has 2 heterocycles. The molecule has 3 nitrogen and oxygen atoms in total. The van der Waals surface area contributed by atoms with E-state index in [2.05, 4.69) is 11.9 Å². The molecule has 0 saturated heterocycles. The van der Waals surface area contributed by atoms with E-state index in [0.29, 0.717) is 0 Å². The van der Waals surface area contributed by atoms with Crippen molar-refractivity contribution in [2.45, 2.75) is 26.3 Å². The summed E-state index contributed by atoms with van der Waals surface area (Å²) < 4.78 is 1.74. The van der Waals surface area contributed by atoms with Gasteiger partial charge in [-0.3, -0.25) is 9.36 Å². The Morgan fingerprint density at radius 3 is 2.75 bits per heavy atom. The SMILES string of the molecule is CC[C@@H](C)n1cnc2scc(-c3ccccc3)c2c1=O. The molecule has 0 aliphatic carbocycles. The summed E-state index contributed by atoms with van der Waals surface area (Å²) in [4.78, 5) is 18.0. The van der Waals surface area contributed by atoms with E-state index >= 15 is 0 Å². The van der Waals surface area contributed by atoms with Crippen molar-refractivity contribution in [2.24, 2.45) is 0 Å². The third-order valence-corrected chi connectivity index (χ3v) is 4.56. The molecule has 0 N–H and O–H groups in total. The molecule has 3 aromatic rings. The molecule has 1 aromatic carbocycles. The Morgan fingerprint density at radius 1 is 1.30 bits per heavy atom. The van der Waals surface area contributed by atoms with Crippen molar-refractivity contribution in [3.05, 3.63) is 52.4 Å². The summed E-state index contributed by atoms with van der Waals surface area (Å²) >= 11 is 1.53. The molecule has 0 unspecified atom stereocenters. The van der Waals surface area contributed by atoms with E-state index in [0.717, 1.165) is 27.8 Å². The van der Waals surface area contributed by atoms with Gasteiger partial charge in [-0.05, 0) is 18.9 Å². The Morgan fingerprint density at radius 2 is 2.05 bits per heavy atom. The van der Waals surface area contributed by atoms with Gasteiger partial charge in [0, 0.05) is 17.0 Å². The monoisotopic (exact) mass is 284 g/mol. The summed E-state index contributed by atoms with van der Waals surface area (Å²) in [6.07, 6.45) is 2.59. The molecule has 3 rings (SSSR count). The van der Waals surface area contributed by atoms with E-state index in [1.807, 2.05) is 42.6 Å². The largest absolute Gasteiger partial charge is 0.296 e. The van der Waals surface area contributed by atoms with E-state index in [4.69, 9.17) is 0 Å². The van der Waals surface area contributed by atoms with Crippen LogP contribution in [-0.2, 0) is 0 Å². The minimum absolute atomic E-state index is 0.0597. The quantitative estimate of drug-likeness (QED) is 0.726. The van der Waals surface area contributed by atoms with Crippen molar-refractivity contribution in [3.63, 3.8) is 0 Å². The highest BCUT2D eigenvalue weighted by molar-refractivity contribution is 7.17. The van der Waals surface area contributed by atoms with E-state index in [1.165, 1.54) is 11.3 Å². The van der Waals surface area contributed by atoms with Gasteiger partial charge in [-0.15, -0.1) is 11.3 Å². The highest BCUT2D eigenvalue weighted by Crippen LogP contribution is 2.30. The van der Waals surface area contributed by atoms with Gasteiger partial charge < -0.3 is 0 Å². The van der Waals surface area contributed by atoms with Crippen LogP contribution < -0.4 is 5.56 Å². The van der Waals surface area contributed by atoms with Crippen LogP contribution in [0.15, 0.2) is 46.8 Å². The summed E-state index contributed by atoms with van der Waals surface area (Å²) in [7, 11) is 0. The molecule has 2 aromatic heterocycles. The lowest BCUT2D eigenvalue weighted by atomic mass is 10.1. The Kier molecular flexibility index (Phi) is 3.40. The zero-order valence-electron chi connectivity index (χ0n) is 11.5. The smallest absolute Gasteiger partial charge is 0.262 e. The maximum absolute atomic E-state index is 12.7. The number of fused-ring (bicyclic) bond motifs is 1. The van der Waals surface area contributed by atoms with Crippen LogP contribution in [0.25, 0.3) is 21.3 Å². The van der Waals surface area contributed by atoms with Crippen LogP contribution in [0, 0.1) is 0 Å². The lowest BCUT2D eigenvalue weighted by Crippen LogP contribution is -2.23. The first kappa shape index (κ1) is 13.1. The van der Waals surface area contributed by atoms with Gasteiger partial charge in [-0.25, -0.2) is 4.98 Å². The first-order chi connectivity index (χ1) is 9.72. The van der Waals surface area contributed by atoms with Crippen LogP contribution in [0.4, 0.5) is 0 Å². The molecule has 0 amide bonds. The maximum atomic E-state index is 12.7. The highest BCUT2D eigenvalue weighted by Gasteiger charge is 2.14. The third kappa shape index (κ3) is 2.06. The number of rotatable bonds is 3. The molecule has 20 heavy (non-hydrogen) atoms. The predicted octanol–water partition coefficient (Wildman–Crippen LogP) is 4.10. The van der Waals surface area contributed by atoms with Crippen LogP contribution in [0.3, 0.4) is 0 Å². The molecule has 0 saturated carbocycles. The molecule has 0 aliphatic heterocycles. The van der Waals surface area contributed by atoms with E-state index in [9.17, 15) is 4.79 Å². The van der Waals surface area contributed by atoms with Crippen LogP contribution in [0.5, 0.6) is 0 Å². The summed E-state index contributed by atoms with van der Waals surface area (Å²) in [5.41, 5.74) is 2.12. The molecule has 102 valence electrons. The summed E-state index contributed by atoms with van der Waals surface area (Å²) in [6, 6.07) is 10.2. The second-order valence-electron chi connectivity index (χ2n) is 4.91. The Hall–Kier alpha value is -1.94. The van der Waals surface area contributed by atoms with E-state index in [-0.39, 0.29) is 11.6 Å². The third-order valence-electron chi connectivity index (χ3n) is 3.67. The number of thiophene rings is 1.